The Kier molecular flexibility index (Phi) is 5.95. The van der Waals surface area contributed by atoms with Crippen molar-refractivity contribution in [3.63, 3.8) is 0 Å². The summed E-state index contributed by atoms with van der Waals surface area (Å²) in [6.45, 7) is -0.455. The normalized spacial score (nSPS) is 10.6. The monoisotopic (exact) mass is 421 g/mol. The minimum atomic E-state index is -1.13. The molecule has 30 heavy (non-hydrogen) atoms. The van der Waals surface area contributed by atoms with Gasteiger partial charge in [0.05, 0.1) is 32.2 Å². The third-order valence-corrected chi connectivity index (χ3v) is 4.01. The van der Waals surface area contributed by atoms with Gasteiger partial charge < -0.3 is 24.6 Å². The lowest BCUT2D eigenvalue weighted by atomic mass is 10.1. The molecule has 1 aromatic carbocycles. The van der Waals surface area contributed by atoms with Crippen molar-refractivity contribution < 1.29 is 32.9 Å². The number of aromatic nitrogens is 4. The Morgan fingerprint density at radius 2 is 1.73 bits per heavy atom. The van der Waals surface area contributed by atoms with Gasteiger partial charge in [0.1, 0.15) is 12.3 Å². The lowest BCUT2D eigenvalue weighted by molar-refractivity contribution is 0.0685. The van der Waals surface area contributed by atoms with Crippen molar-refractivity contribution in [2.45, 2.75) is 6.61 Å². The molecule has 0 saturated carbocycles. The number of carboxylic acids is 1. The minimum Gasteiger partial charge on any atom is -0.494 e. The zero-order valence-electron chi connectivity index (χ0n) is 16.1. The van der Waals surface area contributed by atoms with E-state index in [9.17, 15) is 13.6 Å². The van der Waals surface area contributed by atoms with Crippen molar-refractivity contribution in [3.8, 4) is 17.2 Å². The predicted octanol–water partition coefficient (Wildman–Crippen LogP) is 2.53. The van der Waals surface area contributed by atoms with E-state index in [0.29, 0.717) is 0 Å². The summed E-state index contributed by atoms with van der Waals surface area (Å²) in [6, 6.07) is 2.42. The number of ether oxygens (including phenoxy) is 3. The number of aryl methyl sites for hydroxylation is 1. The van der Waals surface area contributed by atoms with E-state index in [1.54, 1.807) is 0 Å². The van der Waals surface area contributed by atoms with Crippen molar-refractivity contribution in [3.05, 3.63) is 47.4 Å². The summed E-state index contributed by atoms with van der Waals surface area (Å²) in [5.41, 5.74) is -0.390. The number of methoxy groups -OCH3 is 2. The van der Waals surface area contributed by atoms with Gasteiger partial charge in [0.25, 0.3) is 0 Å². The third-order valence-electron chi connectivity index (χ3n) is 4.01. The van der Waals surface area contributed by atoms with Gasteiger partial charge >= 0.3 is 5.97 Å². The Hall–Kier alpha value is -3.96. The van der Waals surface area contributed by atoms with E-state index in [4.69, 9.17) is 19.3 Å². The zero-order valence-corrected chi connectivity index (χ0v) is 16.1. The molecule has 0 fully saturated rings. The van der Waals surface area contributed by atoms with E-state index in [0.717, 1.165) is 6.07 Å². The Morgan fingerprint density at radius 3 is 2.23 bits per heavy atom. The molecule has 3 aromatic rings. The van der Waals surface area contributed by atoms with Crippen LogP contribution in [0, 0.1) is 11.6 Å². The average Bonchev–Trinajstić information content (AvgIpc) is 3.09. The van der Waals surface area contributed by atoms with E-state index in [1.807, 2.05) is 0 Å². The highest BCUT2D eigenvalue weighted by atomic mass is 19.1. The highest BCUT2D eigenvalue weighted by molar-refractivity contribution is 5.86. The van der Waals surface area contributed by atoms with E-state index in [2.05, 4.69) is 20.4 Å². The number of halogens is 2. The van der Waals surface area contributed by atoms with Crippen LogP contribution in [-0.2, 0) is 13.7 Å². The van der Waals surface area contributed by atoms with Gasteiger partial charge in [0, 0.05) is 19.2 Å². The Morgan fingerprint density at radius 1 is 1.13 bits per heavy atom. The third kappa shape index (κ3) is 4.21. The second-order valence-electron chi connectivity index (χ2n) is 5.89. The molecule has 0 aliphatic carbocycles. The van der Waals surface area contributed by atoms with Gasteiger partial charge in [0.15, 0.2) is 34.7 Å². The first-order chi connectivity index (χ1) is 14.3. The fourth-order valence-corrected chi connectivity index (χ4v) is 2.52. The molecule has 158 valence electrons. The summed E-state index contributed by atoms with van der Waals surface area (Å²) in [5, 5.41) is 15.8. The number of benzene rings is 1. The number of carbonyl (C=O) groups is 1. The fourth-order valence-electron chi connectivity index (χ4n) is 2.52. The van der Waals surface area contributed by atoms with E-state index >= 15 is 0 Å². The molecule has 3 rings (SSSR count). The standard InChI is InChI=1S/C18H17F2N5O5/c1-25-11(17(26)27)4-14(24-25)23-18-21-6-9(7-22-18)30-8-10-15(19)12(28-2)5-13(29-3)16(10)20/h4-7H,8H2,1-3H3,(H,26,27)(H,21,22,23,24). The highest BCUT2D eigenvalue weighted by Crippen LogP contribution is 2.32. The molecule has 2 N–H and O–H groups in total. The zero-order chi connectivity index (χ0) is 21.8. The quantitative estimate of drug-likeness (QED) is 0.565. The van der Waals surface area contributed by atoms with Crippen LogP contribution in [0.25, 0.3) is 0 Å². The molecule has 12 heteroatoms. The summed E-state index contributed by atoms with van der Waals surface area (Å²) in [7, 11) is 3.99. The topological polar surface area (TPSA) is 121 Å². The van der Waals surface area contributed by atoms with Crippen molar-refractivity contribution in [2.24, 2.45) is 7.05 Å². The molecular weight excluding hydrogens is 404 g/mol. The molecule has 0 bridgehead atoms. The van der Waals surface area contributed by atoms with E-state index in [1.165, 1.54) is 44.4 Å². The number of hydrogen-bond acceptors (Lipinski definition) is 8. The molecule has 0 amide bonds. The van der Waals surface area contributed by atoms with Gasteiger partial charge in [-0.3, -0.25) is 4.68 Å². The van der Waals surface area contributed by atoms with Crippen molar-refractivity contribution in [2.75, 3.05) is 19.5 Å². The number of nitrogens with zero attached hydrogens (tertiary/aromatic N) is 4. The van der Waals surface area contributed by atoms with Crippen molar-refractivity contribution >= 4 is 17.7 Å². The maximum absolute atomic E-state index is 14.4. The molecule has 0 aliphatic rings. The van der Waals surface area contributed by atoms with Crippen LogP contribution >= 0.6 is 0 Å². The molecule has 0 radical (unpaired) electrons. The smallest absolute Gasteiger partial charge is 0.354 e. The van der Waals surface area contributed by atoms with Crippen LogP contribution < -0.4 is 19.5 Å². The first kappa shape index (κ1) is 20.8. The molecule has 2 aromatic heterocycles. The molecular formula is C18H17F2N5O5. The molecule has 0 spiro atoms. The number of rotatable bonds is 8. The maximum atomic E-state index is 14.4. The van der Waals surface area contributed by atoms with E-state index < -0.39 is 24.2 Å². The van der Waals surface area contributed by atoms with Crippen molar-refractivity contribution in [1.29, 1.82) is 0 Å². The summed E-state index contributed by atoms with van der Waals surface area (Å²) < 4.78 is 45.0. The second kappa shape index (κ2) is 8.59. The van der Waals surface area contributed by atoms with Gasteiger partial charge in [-0.15, -0.1) is 0 Å². The van der Waals surface area contributed by atoms with Crippen LogP contribution in [0.2, 0.25) is 0 Å². The van der Waals surface area contributed by atoms with Crippen LogP contribution in [0.4, 0.5) is 20.5 Å². The highest BCUT2D eigenvalue weighted by Gasteiger charge is 2.20. The van der Waals surface area contributed by atoms with Gasteiger partial charge in [-0.2, -0.15) is 5.10 Å². The summed E-state index contributed by atoms with van der Waals surface area (Å²) >= 11 is 0. The number of carboxylic acid groups (broad SMARTS) is 1. The first-order valence-electron chi connectivity index (χ1n) is 8.42. The fraction of sp³-hybridized carbons (Fsp3) is 0.222. The van der Waals surface area contributed by atoms with Gasteiger partial charge in [-0.1, -0.05) is 0 Å². The SMILES string of the molecule is COc1cc(OC)c(F)c(COc2cnc(Nc3cc(C(=O)O)n(C)n3)nc2)c1F. The molecule has 0 aliphatic heterocycles. The number of anilines is 2. The Bertz CT molecular complexity index is 1040. The van der Waals surface area contributed by atoms with Crippen LogP contribution in [0.1, 0.15) is 16.1 Å². The van der Waals surface area contributed by atoms with Crippen LogP contribution in [-0.4, -0.2) is 45.0 Å². The molecule has 0 saturated heterocycles. The second-order valence-corrected chi connectivity index (χ2v) is 5.89. The first-order valence-corrected chi connectivity index (χ1v) is 8.42. The number of hydrogen-bond donors (Lipinski definition) is 2. The Labute approximate surface area is 169 Å². The maximum Gasteiger partial charge on any atom is 0.354 e. The predicted molar refractivity (Wildman–Crippen MR) is 99.3 cm³/mol. The van der Waals surface area contributed by atoms with Crippen LogP contribution in [0.5, 0.6) is 17.2 Å². The van der Waals surface area contributed by atoms with Crippen LogP contribution in [0.15, 0.2) is 24.5 Å². The lowest BCUT2D eigenvalue weighted by Gasteiger charge is -2.13. The lowest BCUT2D eigenvalue weighted by Crippen LogP contribution is -2.06. The summed E-state index contributed by atoms with van der Waals surface area (Å²) in [4.78, 5) is 19.0. The number of nitrogens with one attached hydrogen (secondary N) is 1. The van der Waals surface area contributed by atoms with E-state index in [-0.39, 0.29) is 40.3 Å². The molecule has 10 nitrogen and oxygen atoms in total. The number of aromatic carboxylic acids is 1. The minimum absolute atomic E-state index is 0.0183. The average molecular weight is 421 g/mol. The molecule has 0 unspecified atom stereocenters. The van der Waals surface area contributed by atoms with Crippen molar-refractivity contribution in [1.82, 2.24) is 19.7 Å². The Balaban J connectivity index is 1.71. The summed E-state index contributed by atoms with van der Waals surface area (Å²) in [5.74, 6) is -2.80. The van der Waals surface area contributed by atoms with Gasteiger partial charge in [-0.05, 0) is 0 Å². The summed E-state index contributed by atoms with van der Waals surface area (Å²) in [6.07, 6.45) is 2.56. The molecule has 0 atom stereocenters. The largest absolute Gasteiger partial charge is 0.494 e. The van der Waals surface area contributed by atoms with Gasteiger partial charge in [-0.25, -0.2) is 23.5 Å². The van der Waals surface area contributed by atoms with Gasteiger partial charge in [0.2, 0.25) is 5.95 Å². The van der Waals surface area contributed by atoms with Crippen LogP contribution in [0.3, 0.4) is 0 Å². The molecule has 2 heterocycles.